The molecule has 0 atom stereocenters. The number of fused-ring (bicyclic) bond motifs is 1. The van der Waals surface area contributed by atoms with Crippen LogP contribution in [0.5, 0.6) is 0 Å². The van der Waals surface area contributed by atoms with Crippen LogP contribution in [0.25, 0.3) is 11.0 Å². The summed E-state index contributed by atoms with van der Waals surface area (Å²) in [5.41, 5.74) is 2.98. The van der Waals surface area contributed by atoms with Crippen LogP contribution in [0.2, 0.25) is 0 Å². The van der Waals surface area contributed by atoms with Crippen molar-refractivity contribution in [3.63, 3.8) is 0 Å². The van der Waals surface area contributed by atoms with E-state index in [1.165, 1.54) is 12.1 Å². The summed E-state index contributed by atoms with van der Waals surface area (Å²) in [5.74, 6) is 0. The summed E-state index contributed by atoms with van der Waals surface area (Å²) in [6.45, 7) is 0.518. The summed E-state index contributed by atoms with van der Waals surface area (Å²) in [6, 6.07) is 11.7. The van der Waals surface area contributed by atoms with Gasteiger partial charge < -0.3 is 15.3 Å². The number of rotatable bonds is 4. The number of halogens is 2. The first-order chi connectivity index (χ1) is 10.1. The van der Waals surface area contributed by atoms with Crippen LogP contribution in [0.15, 0.2) is 47.3 Å². The van der Waals surface area contributed by atoms with Gasteiger partial charge in [0, 0.05) is 17.8 Å². The fourth-order valence-electron chi connectivity index (χ4n) is 2.13. The van der Waals surface area contributed by atoms with Crippen molar-refractivity contribution in [1.29, 1.82) is 0 Å². The minimum atomic E-state index is -2.44. The lowest BCUT2D eigenvalue weighted by Gasteiger charge is -2.07. The van der Waals surface area contributed by atoms with Crippen LogP contribution in [-0.2, 0) is 6.54 Å². The minimum absolute atomic E-state index is 0.0186. The number of alkyl halides is 2. The topological polar surface area (TPSA) is 60.7 Å². The molecule has 21 heavy (non-hydrogen) atoms. The normalized spacial score (nSPS) is 11.2. The second-order valence-electron chi connectivity index (χ2n) is 4.74. The quantitative estimate of drug-likeness (QED) is 0.689. The summed E-state index contributed by atoms with van der Waals surface area (Å²) in [6.07, 6.45) is -2.44. The smallest absolute Gasteiger partial charge is 0.323 e. The molecule has 1 aromatic heterocycles. The molecular weight excluding hydrogens is 276 g/mol. The van der Waals surface area contributed by atoms with Gasteiger partial charge in [-0.1, -0.05) is 24.3 Å². The third-order valence-electron chi connectivity index (χ3n) is 3.24. The maximum Gasteiger partial charge on any atom is 0.323 e. The highest BCUT2D eigenvalue weighted by molar-refractivity contribution is 5.78. The predicted octanol–water partition coefficient (Wildman–Crippen LogP) is 3.41. The Morgan fingerprint density at radius 3 is 2.43 bits per heavy atom. The van der Waals surface area contributed by atoms with Gasteiger partial charge in [0.15, 0.2) is 0 Å². The molecule has 3 rings (SSSR count). The van der Waals surface area contributed by atoms with Crippen LogP contribution in [0, 0.1) is 0 Å². The van der Waals surface area contributed by atoms with Crippen LogP contribution < -0.4 is 11.0 Å². The van der Waals surface area contributed by atoms with E-state index in [0.29, 0.717) is 6.54 Å². The SMILES string of the molecule is O=c1[nH]c2ccc(NCc3ccc(C(F)F)cc3)cc2[nH]1. The lowest BCUT2D eigenvalue weighted by Crippen LogP contribution is -2.00. The standard InChI is InChI=1S/C15H13F2N3O/c16-14(17)10-3-1-9(2-4-10)8-18-11-5-6-12-13(7-11)20-15(21)19-12/h1-7,14,18H,8H2,(H2,19,20,21). The van der Waals surface area contributed by atoms with Gasteiger partial charge in [0.1, 0.15) is 0 Å². The van der Waals surface area contributed by atoms with E-state index >= 15 is 0 Å². The van der Waals surface area contributed by atoms with Crippen LogP contribution in [0.3, 0.4) is 0 Å². The van der Waals surface area contributed by atoms with E-state index < -0.39 is 6.43 Å². The Hall–Kier alpha value is -2.63. The van der Waals surface area contributed by atoms with Crippen LogP contribution in [0.1, 0.15) is 17.6 Å². The van der Waals surface area contributed by atoms with Crippen molar-refractivity contribution in [3.8, 4) is 0 Å². The predicted molar refractivity (Wildman–Crippen MR) is 77.6 cm³/mol. The Morgan fingerprint density at radius 2 is 1.71 bits per heavy atom. The highest BCUT2D eigenvalue weighted by atomic mass is 19.3. The molecular formula is C15H13F2N3O. The molecule has 0 radical (unpaired) electrons. The number of anilines is 1. The van der Waals surface area contributed by atoms with Gasteiger partial charge in [0.25, 0.3) is 6.43 Å². The van der Waals surface area contributed by atoms with Crippen LogP contribution >= 0.6 is 0 Å². The molecule has 6 heteroatoms. The number of aromatic amines is 2. The molecule has 0 fully saturated rings. The largest absolute Gasteiger partial charge is 0.381 e. The number of nitrogens with one attached hydrogen (secondary N) is 3. The first-order valence-corrected chi connectivity index (χ1v) is 6.45. The number of imidazole rings is 1. The van der Waals surface area contributed by atoms with Crippen LogP contribution in [0.4, 0.5) is 14.5 Å². The van der Waals surface area contributed by atoms with Gasteiger partial charge in [-0.15, -0.1) is 0 Å². The van der Waals surface area contributed by atoms with Crippen molar-refractivity contribution in [2.45, 2.75) is 13.0 Å². The Bertz CT molecular complexity index is 806. The molecule has 1 heterocycles. The maximum atomic E-state index is 12.5. The second kappa shape index (κ2) is 5.40. The number of H-pyrrole nitrogens is 2. The zero-order chi connectivity index (χ0) is 14.8. The van der Waals surface area contributed by atoms with Crippen molar-refractivity contribution in [3.05, 3.63) is 64.1 Å². The number of hydrogen-bond acceptors (Lipinski definition) is 2. The monoisotopic (exact) mass is 289 g/mol. The Morgan fingerprint density at radius 1 is 1.00 bits per heavy atom. The molecule has 0 aliphatic rings. The first-order valence-electron chi connectivity index (χ1n) is 6.45. The van der Waals surface area contributed by atoms with Crippen molar-refractivity contribution in [1.82, 2.24) is 9.97 Å². The zero-order valence-electron chi connectivity index (χ0n) is 11.0. The average molecular weight is 289 g/mol. The minimum Gasteiger partial charge on any atom is -0.381 e. The van der Waals surface area contributed by atoms with Crippen molar-refractivity contribution in [2.24, 2.45) is 0 Å². The molecule has 3 aromatic rings. The molecule has 2 aromatic carbocycles. The van der Waals surface area contributed by atoms with Gasteiger partial charge in [-0.25, -0.2) is 13.6 Å². The average Bonchev–Trinajstić information content (AvgIpc) is 2.84. The lowest BCUT2D eigenvalue weighted by atomic mass is 10.1. The highest BCUT2D eigenvalue weighted by Crippen LogP contribution is 2.19. The summed E-state index contributed by atoms with van der Waals surface area (Å²) in [7, 11) is 0. The first kappa shape index (κ1) is 13.4. The molecule has 0 bridgehead atoms. The van der Waals surface area contributed by atoms with Crippen molar-refractivity contribution < 1.29 is 8.78 Å². The van der Waals surface area contributed by atoms with Crippen LogP contribution in [-0.4, -0.2) is 9.97 Å². The highest BCUT2D eigenvalue weighted by Gasteiger charge is 2.05. The molecule has 0 saturated heterocycles. The third-order valence-corrected chi connectivity index (χ3v) is 3.24. The second-order valence-corrected chi connectivity index (χ2v) is 4.74. The summed E-state index contributed by atoms with van der Waals surface area (Å²) < 4.78 is 24.9. The van der Waals surface area contributed by atoms with E-state index in [9.17, 15) is 13.6 Å². The van der Waals surface area contributed by atoms with E-state index in [-0.39, 0.29) is 11.3 Å². The summed E-state index contributed by atoms with van der Waals surface area (Å²) >= 11 is 0. The van der Waals surface area contributed by atoms with Gasteiger partial charge in [-0.05, 0) is 23.8 Å². The molecule has 108 valence electrons. The van der Waals surface area contributed by atoms with Crippen molar-refractivity contribution >= 4 is 16.7 Å². The Balaban J connectivity index is 1.72. The molecule has 0 saturated carbocycles. The molecule has 4 nitrogen and oxygen atoms in total. The molecule has 0 aliphatic heterocycles. The Kier molecular flexibility index (Phi) is 3.43. The van der Waals surface area contributed by atoms with E-state index in [1.807, 2.05) is 12.1 Å². The zero-order valence-corrected chi connectivity index (χ0v) is 11.0. The molecule has 3 N–H and O–H groups in total. The number of benzene rings is 2. The number of hydrogen-bond donors (Lipinski definition) is 3. The van der Waals surface area contributed by atoms with Gasteiger partial charge in [-0.2, -0.15) is 0 Å². The van der Waals surface area contributed by atoms with E-state index in [2.05, 4.69) is 15.3 Å². The third kappa shape index (κ3) is 2.94. The summed E-state index contributed by atoms with van der Waals surface area (Å²) in [4.78, 5) is 16.5. The van der Waals surface area contributed by atoms with Gasteiger partial charge in [-0.3, -0.25) is 0 Å². The van der Waals surface area contributed by atoms with Crippen molar-refractivity contribution in [2.75, 3.05) is 5.32 Å². The summed E-state index contributed by atoms with van der Waals surface area (Å²) in [5, 5.41) is 3.19. The molecule has 0 amide bonds. The van der Waals surface area contributed by atoms with Gasteiger partial charge >= 0.3 is 5.69 Å². The fraction of sp³-hybridized carbons (Fsp3) is 0.133. The van der Waals surface area contributed by atoms with E-state index in [0.717, 1.165) is 22.3 Å². The van der Waals surface area contributed by atoms with E-state index in [4.69, 9.17) is 0 Å². The van der Waals surface area contributed by atoms with Gasteiger partial charge in [0.05, 0.1) is 11.0 Å². The lowest BCUT2D eigenvalue weighted by molar-refractivity contribution is 0.151. The maximum absolute atomic E-state index is 12.5. The number of aromatic nitrogens is 2. The van der Waals surface area contributed by atoms with E-state index in [1.54, 1.807) is 18.2 Å². The van der Waals surface area contributed by atoms with Gasteiger partial charge in [0.2, 0.25) is 0 Å². The molecule has 0 aliphatic carbocycles. The molecule has 0 spiro atoms. The Labute approximate surface area is 118 Å². The molecule has 0 unspecified atom stereocenters. The fourth-order valence-corrected chi connectivity index (χ4v) is 2.13.